The molecular formula is C25H30N2O2. The van der Waals surface area contributed by atoms with Crippen molar-refractivity contribution in [2.75, 3.05) is 13.7 Å². The molecule has 4 heteroatoms. The van der Waals surface area contributed by atoms with Gasteiger partial charge in [0.1, 0.15) is 5.75 Å². The Bertz CT molecular complexity index is 911. The molecule has 0 radical (unpaired) electrons. The van der Waals surface area contributed by atoms with Crippen molar-refractivity contribution in [3.05, 3.63) is 53.9 Å². The second kappa shape index (κ2) is 6.38. The van der Waals surface area contributed by atoms with Crippen molar-refractivity contribution in [3.8, 4) is 5.75 Å². The van der Waals surface area contributed by atoms with Crippen LogP contribution in [0, 0.1) is 23.2 Å². The average Bonchev–Trinajstić information content (AvgIpc) is 3.20. The zero-order valence-corrected chi connectivity index (χ0v) is 17.2. The number of ether oxygens (including phenoxy) is 1. The highest BCUT2D eigenvalue weighted by molar-refractivity contribution is 5.84. The Labute approximate surface area is 172 Å². The lowest BCUT2D eigenvalue weighted by Crippen LogP contribution is -2.56. The van der Waals surface area contributed by atoms with Crippen LogP contribution in [0.25, 0.3) is 0 Å². The van der Waals surface area contributed by atoms with Crippen LogP contribution in [0.5, 0.6) is 5.75 Å². The maximum atomic E-state index is 14.2. The molecule has 1 atom stereocenters. The number of rotatable bonds is 3. The maximum Gasteiger partial charge on any atom is 0.229 e. The Morgan fingerprint density at radius 3 is 2.41 bits per heavy atom. The molecule has 1 unspecified atom stereocenters. The molecule has 1 aliphatic heterocycles. The first-order chi connectivity index (χ1) is 14.1. The number of carbonyl (C=O) groups excluding carboxylic acids is 1. The molecule has 0 N–H and O–H groups in total. The Hall–Kier alpha value is -2.23. The molecule has 0 spiro atoms. The molecule has 4 saturated carbocycles. The molecule has 4 bridgehead atoms. The van der Waals surface area contributed by atoms with Gasteiger partial charge in [0.05, 0.1) is 18.6 Å². The van der Waals surface area contributed by atoms with E-state index in [0.717, 1.165) is 61.4 Å². The van der Waals surface area contributed by atoms with E-state index in [2.05, 4.69) is 39.9 Å². The first kappa shape index (κ1) is 17.6. The summed E-state index contributed by atoms with van der Waals surface area (Å²) < 4.78 is 7.81. The zero-order valence-electron chi connectivity index (χ0n) is 17.2. The van der Waals surface area contributed by atoms with Gasteiger partial charge in [-0.15, -0.1) is 0 Å². The summed E-state index contributed by atoms with van der Waals surface area (Å²) in [4.78, 5) is 16.4. The van der Waals surface area contributed by atoms with Gasteiger partial charge in [0.2, 0.25) is 5.91 Å². The van der Waals surface area contributed by atoms with Gasteiger partial charge in [-0.3, -0.25) is 4.79 Å². The first-order valence-corrected chi connectivity index (χ1v) is 11.3. The van der Waals surface area contributed by atoms with Crippen molar-refractivity contribution >= 4 is 5.91 Å². The summed E-state index contributed by atoms with van der Waals surface area (Å²) in [7, 11) is 1.71. The van der Waals surface area contributed by atoms with Crippen LogP contribution < -0.4 is 4.74 Å². The molecule has 4 fully saturated rings. The van der Waals surface area contributed by atoms with E-state index >= 15 is 0 Å². The predicted molar refractivity (Wildman–Crippen MR) is 112 cm³/mol. The molecule has 152 valence electrons. The van der Waals surface area contributed by atoms with Crippen LogP contribution in [0.1, 0.15) is 55.8 Å². The summed E-state index contributed by atoms with van der Waals surface area (Å²) in [5.41, 5.74) is 2.28. The molecule has 0 saturated heterocycles. The van der Waals surface area contributed by atoms with Gasteiger partial charge in [0, 0.05) is 25.0 Å². The van der Waals surface area contributed by atoms with Crippen LogP contribution in [0.15, 0.2) is 42.6 Å². The van der Waals surface area contributed by atoms with Crippen molar-refractivity contribution in [2.45, 2.75) is 51.1 Å². The van der Waals surface area contributed by atoms with Crippen molar-refractivity contribution in [2.24, 2.45) is 23.2 Å². The van der Waals surface area contributed by atoms with Gasteiger partial charge in [-0.2, -0.15) is 0 Å². The van der Waals surface area contributed by atoms with Crippen molar-refractivity contribution in [1.29, 1.82) is 0 Å². The van der Waals surface area contributed by atoms with E-state index in [9.17, 15) is 4.79 Å². The van der Waals surface area contributed by atoms with Gasteiger partial charge in [0.25, 0.3) is 0 Å². The third-order valence-electron chi connectivity index (χ3n) is 8.20. The first-order valence-electron chi connectivity index (χ1n) is 11.3. The SMILES string of the molecule is COc1cccc(C2c3cccn3CCN2C(=O)C23CC4CC(CC(C4)C2)C3)c1. The highest BCUT2D eigenvalue weighted by atomic mass is 16.5. The number of carbonyl (C=O) groups is 1. The van der Waals surface area contributed by atoms with Gasteiger partial charge in [-0.25, -0.2) is 0 Å². The van der Waals surface area contributed by atoms with Gasteiger partial charge >= 0.3 is 0 Å². The van der Waals surface area contributed by atoms with Crippen molar-refractivity contribution < 1.29 is 9.53 Å². The quantitative estimate of drug-likeness (QED) is 0.765. The van der Waals surface area contributed by atoms with Crippen molar-refractivity contribution in [3.63, 3.8) is 0 Å². The Morgan fingerprint density at radius 1 is 1.00 bits per heavy atom. The van der Waals surface area contributed by atoms with E-state index < -0.39 is 0 Å². The largest absolute Gasteiger partial charge is 0.497 e. The van der Waals surface area contributed by atoms with Crippen molar-refractivity contribution in [1.82, 2.24) is 9.47 Å². The number of amides is 1. The molecule has 2 heterocycles. The maximum absolute atomic E-state index is 14.2. The Morgan fingerprint density at radius 2 is 1.72 bits per heavy atom. The molecule has 2 aromatic rings. The highest BCUT2D eigenvalue weighted by Gasteiger charge is 2.56. The van der Waals surface area contributed by atoms with E-state index in [-0.39, 0.29) is 11.5 Å². The Kier molecular flexibility index (Phi) is 3.88. The molecule has 7 rings (SSSR count). The third-order valence-corrected chi connectivity index (χ3v) is 8.20. The molecule has 4 nitrogen and oxygen atoms in total. The fourth-order valence-electron chi connectivity index (χ4n) is 7.44. The summed E-state index contributed by atoms with van der Waals surface area (Å²) in [5.74, 6) is 3.64. The Balaban J connectivity index is 1.40. The van der Waals surface area contributed by atoms with Gasteiger partial charge in [-0.1, -0.05) is 12.1 Å². The molecule has 5 aliphatic rings. The second-order valence-corrected chi connectivity index (χ2v) is 10.0. The monoisotopic (exact) mass is 390 g/mol. The molecule has 29 heavy (non-hydrogen) atoms. The summed E-state index contributed by atoms with van der Waals surface area (Å²) in [6, 6.07) is 12.6. The topological polar surface area (TPSA) is 34.5 Å². The molecular weight excluding hydrogens is 360 g/mol. The van der Waals surface area contributed by atoms with Crippen LogP contribution in [0.2, 0.25) is 0 Å². The van der Waals surface area contributed by atoms with Gasteiger partial charge in [-0.05, 0) is 86.1 Å². The highest BCUT2D eigenvalue weighted by Crippen LogP contribution is 2.61. The molecule has 1 amide bonds. The van der Waals surface area contributed by atoms with Crippen LogP contribution in [0.4, 0.5) is 0 Å². The lowest BCUT2D eigenvalue weighted by molar-refractivity contribution is -0.160. The van der Waals surface area contributed by atoms with Crippen LogP contribution in [-0.2, 0) is 11.3 Å². The van der Waals surface area contributed by atoms with Crippen LogP contribution in [0.3, 0.4) is 0 Å². The number of methoxy groups -OCH3 is 1. The smallest absolute Gasteiger partial charge is 0.229 e. The minimum absolute atomic E-state index is 0.0191. The van der Waals surface area contributed by atoms with E-state index in [1.165, 1.54) is 25.0 Å². The van der Waals surface area contributed by atoms with Gasteiger partial charge < -0.3 is 14.2 Å². The summed E-state index contributed by atoms with van der Waals surface area (Å²) >= 11 is 0. The molecule has 1 aromatic carbocycles. The zero-order chi connectivity index (χ0) is 19.6. The average molecular weight is 391 g/mol. The fourth-order valence-corrected chi connectivity index (χ4v) is 7.44. The number of hydrogen-bond acceptors (Lipinski definition) is 2. The van der Waals surface area contributed by atoms with E-state index in [0.29, 0.717) is 5.91 Å². The minimum Gasteiger partial charge on any atom is -0.497 e. The van der Waals surface area contributed by atoms with E-state index in [1.54, 1.807) is 7.11 Å². The number of benzene rings is 1. The number of fused-ring (bicyclic) bond motifs is 1. The lowest BCUT2D eigenvalue weighted by Gasteiger charge is -2.57. The normalized spacial score (nSPS) is 34.9. The van der Waals surface area contributed by atoms with Gasteiger partial charge in [0.15, 0.2) is 0 Å². The van der Waals surface area contributed by atoms with Crippen LogP contribution in [-0.4, -0.2) is 29.0 Å². The standard InChI is InChI=1S/C25H30N2O2/c1-29-21-5-2-4-20(13-21)23-22-6-3-7-26(22)8-9-27(23)24(28)25-14-17-10-18(15-25)12-19(11-17)16-25/h2-7,13,17-19,23H,8-12,14-16H2,1H3. The number of hydrogen-bond donors (Lipinski definition) is 0. The summed E-state index contributed by atoms with van der Waals surface area (Å²) in [5, 5.41) is 0. The van der Waals surface area contributed by atoms with E-state index in [1.807, 2.05) is 12.1 Å². The predicted octanol–water partition coefficient (Wildman–Crippen LogP) is 4.64. The third kappa shape index (κ3) is 2.68. The number of nitrogens with zero attached hydrogens (tertiary/aromatic N) is 2. The molecule has 1 aromatic heterocycles. The van der Waals surface area contributed by atoms with Crippen LogP contribution >= 0.6 is 0 Å². The summed E-state index contributed by atoms with van der Waals surface area (Å²) in [6.45, 7) is 1.69. The second-order valence-electron chi connectivity index (χ2n) is 10.0. The minimum atomic E-state index is -0.0966. The van der Waals surface area contributed by atoms with E-state index in [4.69, 9.17) is 4.74 Å². The molecule has 4 aliphatic carbocycles. The summed E-state index contributed by atoms with van der Waals surface area (Å²) in [6.07, 6.45) is 9.63. The lowest BCUT2D eigenvalue weighted by atomic mass is 9.49. The fraction of sp³-hybridized carbons (Fsp3) is 0.560. The number of aromatic nitrogens is 1.